The Morgan fingerprint density at radius 2 is 1.96 bits per heavy atom. The molecule has 0 saturated heterocycles. The van der Waals surface area contributed by atoms with Gasteiger partial charge in [-0.15, -0.1) is 0 Å². The van der Waals surface area contributed by atoms with Crippen LogP contribution in [0.25, 0.3) is 0 Å². The van der Waals surface area contributed by atoms with E-state index in [4.69, 9.17) is 6.85 Å². The molecule has 0 radical (unpaired) electrons. The lowest BCUT2D eigenvalue weighted by molar-refractivity contribution is -0.123. The van der Waals surface area contributed by atoms with Crippen molar-refractivity contribution in [3.8, 4) is 0 Å². The number of carbonyl (C=O) groups excluding carboxylic acids is 1. The summed E-state index contributed by atoms with van der Waals surface area (Å²) in [7, 11) is 3.39. The molecule has 2 nitrogen and oxygen atoms in total. The molecule has 0 aromatic rings. The molecule has 0 aromatic carbocycles. The second-order valence-electron chi connectivity index (χ2n) is 7.07. The topological polar surface area (TPSA) is 20.3 Å². The van der Waals surface area contributed by atoms with E-state index in [-0.39, 0.29) is 17.9 Å². The van der Waals surface area contributed by atoms with Crippen LogP contribution in [-0.4, -0.2) is 24.9 Å². The number of hydrogen-bond acceptors (Lipinski definition) is 1. The zero-order valence-electron chi connectivity index (χ0n) is 20.7. The van der Waals surface area contributed by atoms with Gasteiger partial charge in [0.15, 0.2) is 0 Å². The third-order valence-electron chi connectivity index (χ3n) is 4.07. The fraction of sp³-hybridized carbons (Fsp3) is 0.500. The average Bonchev–Trinajstić information content (AvgIpc) is 2.54. The first-order chi connectivity index (χ1) is 13.1. The van der Waals surface area contributed by atoms with Gasteiger partial charge in [-0.3, -0.25) is 4.79 Å². The van der Waals surface area contributed by atoms with Crippen LogP contribution >= 0.6 is 0 Å². The van der Waals surface area contributed by atoms with Crippen LogP contribution in [-0.2, 0) is 4.79 Å². The third kappa shape index (κ3) is 6.35. The van der Waals surface area contributed by atoms with E-state index in [9.17, 15) is 4.79 Å². The molecule has 0 N–H and O–H groups in total. The van der Waals surface area contributed by atoms with Crippen LogP contribution in [0.1, 0.15) is 60.6 Å². The van der Waals surface area contributed by atoms with Crippen molar-refractivity contribution in [1.29, 1.82) is 0 Å². The van der Waals surface area contributed by atoms with E-state index < -0.39 is 18.6 Å². The maximum absolute atomic E-state index is 11.7. The van der Waals surface area contributed by atoms with Gasteiger partial charge >= 0.3 is 0 Å². The number of amides is 1. The second kappa shape index (κ2) is 8.86. The summed E-state index contributed by atoms with van der Waals surface area (Å²) >= 11 is 0. The Labute approximate surface area is 155 Å². The molecular weight excluding hydrogens is 294 g/mol. The summed E-state index contributed by atoms with van der Waals surface area (Å²) in [5, 5.41) is 0. The minimum Gasteiger partial charge on any atom is -0.345 e. The highest BCUT2D eigenvalue weighted by Crippen LogP contribution is 2.40. The summed E-state index contributed by atoms with van der Waals surface area (Å²) in [5.41, 5.74) is 1.78. The molecule has 1 aliphatic rings. The number of likely N-dealkylation sites (N-methyl/N-ethyl adjacent to an activating group) is 1. The van der Waals surface area contributed by atoms with Crippen molar-refractivity contribution in [2.75, 3.05) is 14.1 Å². The fourth-order valence-electron chi connectivity index (χ4n) is 2.37. The molecule has 132 valence electrons. The van der Waals surface area contributed by atoms with Gasteiger partial charge in [-0.2, -0.15) is 0 Å². The molecule has 0 spiro atoms. The molecule has 1 amide bonds. The van der Waals surface area contributed by atoms with E-state index in [2.05, 4.69) is 0 Å². The molecule has 0 saturated carbocycles. The van der Waals surface area contributed by atoms with E-state index in [1.165, 1.54) is 4.90 Å². The van der Waals surface area contributed by atoms with Gasteiger partial charge < -0.3 is 4.90 Å². The third-order valence-corrected chi connectivity index (χ3v) is 4.07. The lowest BCUT2D eigenvalue weighted by atomic mass is 9.72. The summed E-state index contributed by atoms with van der Waals surface area (Å²) in [6.45, 7) is 5.19. The van der Waals surface area contributed by atoms with Crippen molar-refractivity contribution in [2.45, 2.75) is 53.8 Å². The van der Waals surface area contributed by atoms with Crippen molar-refractivity contribution >= 4 is 5.91 Å². The highest BCUT2D eigenvalue weighted by molar-refractivity contribution is 5.88. The van der Waals surface area contributed by atoms with Crippen LogP contribution in [0.15, 0.2) is 58.7 Å². The summed E-state index contributed by atoms with van der Waals surface area (Å²) in [6.07, 6.45) is 9.61. The highest BCUT2D eigenvalue weighted by Gasteiger charge is 2.26. The smallest absolute Gasteiger partial charge is 0.246 e. The van der Waals surface area contributed by atoms with Crippen molar-refractivity contribution in [3.05, 3.63) is 58.7 Å². The van der Waals surface area contributed by atoms with Crippen LogP contribution < -0.4 is 0 Å². The molecule has 0 aliphatic heterocycles. The van der Waals surface area contributed by atoms with Gasteiger partial charge in [0.25, 0.3) is 0 Å². The van der Waals surface area contributed by atoms with Crippen molar-refractivity contribution < 1.29 is 11.6 Å². The zero-order valence-corrected chi connectivity index (χ0v) is 15.7. The highest BCUT2D eigenvalue weighted by atomic mass is 16.2. The molecule has 0 unspecified atom stereocenters. The van der Waals surface area contributed by atoms with E-state index in [0.717, 1.165) is 11.1 Å². The van der Waals surface area contributed by atoms with Gasteiger partial charge in [-0.05, 0) is 56.5 Å². The van der Waals surface area contributed by atoms with Gasteiger partial charge in [-0.25, -0.2) is 0 Å². The first-order valence-corrected chi connectivity index (χ1v) is 8.26. The van der Waals surface area contributed by atoms with Gasteiger partial charge in [0.2, 0.25) is 5.91 Å². The molecule has 0 atom stereocenters. The van der Waals surface area contributed by atoms with Crippen LogP contribution in [0.2, 0.25) is 0 Å². The van der Waals surface area contributed by atoms with E-state index in [0.29, 0.717) is 12.0 Å². The second-order valence-corrected chi connectivity index (χ2v) is 7.07. The standard InChI is InChI=1S/C22H33NO/c1-17(10-8-11-18(2)16-21(24)23(6)7)13-14-20-19(3)12-9-15-22(20,4)5/h8,10-11,13-14,16H,9,12,15H2,1-7H3/i3D3,12D2. The van der Waals surface area contributed by atoms with Gasteiger partial charge in [0.1, 0.15) is 0 Å². The molecule has 0 aromatic heterocycles. The molecule has 1 rings (SSSR count). The van der Waals surface area contributed by atoms with E-state index in [1.807, 2.05) is 52.0 Å². The van der Waals surface area contributed by atoms with Crippen LogP contribution in [0, 0.1) is 5.41 Å². The molecule has 0 heterocycles. The van der Waals surface area contributed by atoms with Gasteiger partial charge in [0, 0.05) is 27.0 Å². The monoisotopic (exact) mass is 332 g/mol. The van der Waals surface area contributed by atoms with Crippen LogP contribution in [0.4, 0.5) is 0 Å². The Morgan fingerprint density at radius 3 is 2.58 bits per heavy atom. The van der Waals surface area contributed by atoms with Crippen LogP contribution in [0.5, 0.6) is 0 Å². The number of carbonyl (C=O) groups is 1. The largest absolute Gasteiger partial charge is 0.345 e. The fourth-order valence-corrected chi connectivity index (χ4v) is 2.37. The predicted octanol–water partition coefficient (Wildman–Crippen LogP) is 5.61. The Kier molecular flexibility index (Phi) is 4.97. The quantitative estimate of drug-likeness (QED) is 0.473. The Balaban J connectivity index is 3.17. The Hall–Kier alpha value is -1.83. The summed E-state index contributed by atoms with van der Waals surface area (Å²) < 4.78 is 40.0. The number of allylic oxidation sites excluding steroid dienone is 9. The van der Waals surface area contributed by atoms with Crippen molar-refractivity contribution in [2.24, 2.45) is 5.41 Å². The molecule has 24 heavy (non-hydrogen) atoms. The predicted molar refractivity (Wildman–Crippen MR) is 105 cm³/mol. The van der Waals surface area contributed by atoms with E-state index in [1.54, 1.807) is 26.2 Å². The number of hydrogen-bond donors (Lipinski definition) is 0. The average molecular weight is 333 g/mol. The van der Waals surface area contributed by atoms with Gasteiger partial charge in [-0.1, -0.05) is 55.4 Å². The lowest BCUT2D eigenvalue weighted by Crippen LogP contribution is -2.19. The van der Waals surface area contributed by atoms with E-state index >= 15 is 0 Å². The molecule has 2 heteroatoms. The first kappa shape index (κ1) is 13.5. The minimum atomic E-state index is -2.47. The molecule has 0 bridgehead atoms. The Morgan fingerprint density at radius 1 is 1.25 bits per heavy atom. The van der Waals surface area contributed by atoms with Crippen molar-refractivity contribution in [3.63, 3.8) is 0 Å². The normalized spacial score (nSPS) is 25.2. The molecular formula is C22H33NO. The number of rotatable bonds is 5. The SMILES string of the molecule is [2H]C([2H])([2H])C1=C(C=CC(C)=CC=CC(C)=CC(=O)N(C)C)C(C)(C)CCC1([2H])[2H]. The molecule has 1 aliphatic carbocycles. The maximum Gasteiger partial charge on any atom is 0.246 e. The van der Waals surface area contributed by atoms with Crippen molar-refractivity contribution in [1.82, 2.24) is 4.90 Å². The summed E-state index contributed by atoms with van der Waals surface area (Å²) in [6, 6.07) is 0. The number of nitrogens with zero attached hydrogens (tertiary/aromatic N) is 1. The lowest BCUT2D eigenvalue weighted by Gasteiger charge is -2.32. The zero-order chi connectivity index (χ0) is 22.6. The first-order valence-electron chi connectivity index (χ1n) is 10.8. The van der Waals surface area contributed by atoms with Gasteiger partial charge in [0.05, 0.1) is 0 Å². The summed E-state index contributed by atoms with van der Waals surface area (Å²) in [5.74, 6) is -0.0781. The summed E-state index contributed by atoms with van der Waals surface area (Å²) in [4.78, 5) is 13.2. The minimum absolute atomic E-state index is 0.0781. The maximum atomic E-state index is 11.7. The molecule has 0 fully saturated rings. The Bertz CT molecular complexity index is 778. The van der Waals surface area contributed by atoms with Crippen LogP contribution in [0.3, 0.4) is 0 Å².